The summed E-state index contributed by atoms with van der Waals surface area (Å²) < 4.78 is 6.82. The molecule has 1 amide bonds. The lowest BCUT2D eigenvalue weighted by Gasteiger charge is -2.27. The van der Waals surface area contributed by atoms with Gasteiger partial charge in [-0.2, -0.15) is 4.68 Å². The molecule has 0 saturated heterocycles. The smallest absolute Gasteiger partial charge is 0.233 e. The van der Waals surface area contributed by atoms with Crippen LogP contribution in [0, 0.1) is 0 Å². The number of hydrogen-bond acceptors (Lipinski definition) is 6. The Morgan fingerprint density at radius 3 is 2.87 bits per heavy atom. The first kappa shape index (κ1) is 18.7. The molecule has 0 radical (unpaired) electrons. The Morgan fingerprint density at radius 1 is 1.20 bits per heavy atom. The topological polar surface area (TPSA) is 88.9 Å². The van der Waals surface area contributed by atoms with Crippen LogP contribution in [0.3, 0.4) is 0 Å². The second kappa shape index (κ2) is 7.83. The molecule has 0 saturated carbocycles. The predicted molar refractivity (Wildman–Crippen MR) is 114 cm³/mol. The first-order valence-electron chi connectivity index (χ1n) is 9.65. The van der Waals surface area contributed by atoms with Gasteiger partial charge in [-0.15, -0.1) is 5.10 Å². The average Bonchev–Trinajstić information content (AvgIpc) is 3.41. The molecule has 9 heteroatoms. The van der Waals surface area contributed by atoms with Crippen molar-refractivity contribution in [3.05, 3.63) is 59.8 Å². The fourth-order valence-electron chi connectivity index (χ4n) is 3.75. The molecule has 0 fully saturated rings. The molecule has 1 N–H and O–H groups in total. The molecule has 1 aliphatic heterocycles. The van der Waals surface area contributed by atoms with E-state index >= 15 is 0 Å². The van der Waals surface area contributed by atoms with Crippen molar-refractivity contribution in [2.45, 2.75) is 18.1 Å². The maximum absolute atomic E-state index is 12.9. The third kappa shape index (κ3) is 3.41. The van der Waals surface area contributed by atoms with Crippen molar-refractivity contribution in [1.82, 2.24) is 30.1 Å². The second-order valence-electron chi connectivity index (χ2n) is 7.05. The van der Waals surface area contributed by atoms with Crippen LogP contribution in [0.2, 0.25) is 0 Å². The Bertz CT molecular complexity index is 1200. The summed E-state index contributed by atoms with van der Waals surface area (Å²) >= 11 is 1.34. The van der Waals surface area contributed by atoms with Gasteiger partial charge in [0.05, 0.1) is 18.6 Å². The molecule has 2 aromatic carbocycles. The van der Waals surface area contributed by atoms with E-state index in [1.54, 1.807) is 11.8 Å². The van der Waals surface area contributed by atoms with Crippen LogP contribution in [-0.2, 0) is 17.8 Å². The van der Waals surface area contributed by atoms with E-state index < -0.39 is 0 Å². The van der Waals surface area contributed by atoms with Crippen molar-refractivity contribution in [1.29, 1.82) is 0 Å². The minimum absolute atomic E-state index is 0.0835. The number of ether oxygens (including phenoxy) is 1. The van der Waals surface area contributed by atoms with Crippen LogP contribution in [0.25, 0.3) is 16.6 Å². The summed E-state index contributed by atoms with van der Waals surface area (Å²) in [4.78, 5) is 18.3. The van der Waals surface area contributed by atoms with Gasteiger partial charge in [-0.25, -0.2) is 0 Å². The lowest BCUT2D eigenvalue weighted by molar-refractivity contribution is -0.129. The van der Waals surface area contributed by atoms with Gasteiger partial charge in [0.1, 0.15) is 5.75 Å². The molecule has 1 aliphatic rings. The normalized spacial score (nSPS) is 13.4. The van der Waals surface area contributed by atoms with Crippen molar-refractivity contribution >= 4 is 28.6 Å². The number of carbonyl (C=O) groups excluding carboxylic acids is 1. The number of thioether (sulfide) groups is 1. The molecule has 152 valence electrons. The fraction of sp³-hybridized carbons (Fsp3) is 0.238. The molecule has 30 heavy (non-hydrogen) atoms. The third-order valence-corrected chi connectivity index (χ3v) is 6.22. The molecule has 4 aromatic rings. The number of nitrogens with zero attached hydrogens (tertiary/aromatic N) is 5. The van der Waals surface area contributed by atoms with Crippen LogP contribution >= 0.6 is 11.8 Å². The summed E-state index contributed by atoms with van der Waals surface area (Å²) in [6.07, 6.45) is 0.837. The lowest BCUT2D eigenvalue weighted by Crippen LogP contribution is -2.36. The Balaban J connectivity index is 1.28. The van der Waals surface area contributed by atoms with Crippen LogP contribution in [-0.4, -0.2) is 55.4 Å². The highest BCUT2D eigenvalue weighted by molar-refractivity contribution is 7.99. The molecular formula is C21H20N6O2S. The number of amides is 1. The number of benzene rings is 2. The van der Waals surface area contributed by atoms with E-state index in [0.29, 0.717) is 18.2 Å². The number of carbonyl (C=O) groups is 1. The highest BCUT2D eigenvalue weighted by Crippen LogP contribution is 2.28. The van der Waals surface area contributed by atoms with Crippen molar-refractivity contribution in [3.8, 4) is 11.4 Å². The molecule has 5 rings (SSSR count). The first-order valence-corrected chi connectivity index (χ1v) is 10.6. The van der Waals surface area contributed by atoms with Gasteiger partial charge in [-0.05, 0) is 40.8 Å². The van der Waals surface area contributed by atoms with Gasteiger partial charge in [-0.3, -0.25) is 4.79 Å². The van der Waals surface area contributed by atoms with Gasteiger partial charge >= 0.3 is 0 Å². The van der Waals surface area contributed by atoms with E-state index in [4.69, 9.17) is 4.74 Å². The summed E-state index contributed by atoms with van der Waals surface area (Å²) in [5.41, 5.74) is 4.40. The zero-order chi connectivity index (χ0) is 20.5. The van der Waals surface area contributed by atoms with E-state index in [2.05, 4.69) is 32.6 Å². The number of tetrazole rings is 1. The number of H-pyrrole nitrogens is 1. The quantitative estimate of drug-likeness (QED) is 0.500. The van der Waals surface area contributed by atoms with E-state index in [9.17, 15) is 4.79 Å². The van der Waals surface area contributed by atoms with E-state index in [-0.39, 0.29) is 11.7 Å². The molecule has 0 atom stereocenters. The van der Waals surface area contributed by atoms with Crippen LogP contribution in [0.15, 0.2) is 53.7 Å². The van der Waals surface area contributed by atoms with E-state index in [1.165, 1.54) is 28.4 Å². The summed E-state index contributed by atoms with van der Waals surface area (Å²) in [5, 5.41) is 13.7. The number of hydrogen-bond donors (Lipinski definition) is 1. The number of fused-ring (bicyclic) bond motifs is 3. The average molecular weight is 420 g/mol. The molecular weight excluding hydrogens is 400 g/mol. The highest BCUT2D eigenvalue weighted by Gasteiger charge is 2.24. The number of rotatable bonds is 5. The van der Waals surface area contributed by atoms with Gasteiger partial charge in [0.2, 0.25) is 11.1 Å². The largest absolute Gasteiger partial charge is 0.497 e. The molecule has 3 heterocycles. The maximum atomic E-state index is 12.9. The molecule has 0 spiro atoms. The number of nitrogens with one attached hydrogen (secondary N) is 1. The van der Waals surface area contributed by atoms with Crippen LogP contribution in [0.4, 0.5) is 0 Å². The van der Waals surface area contributed by atoms with Crippen LogP contribution in [0.5, 0.6) is 5.75 Å². The Hall–Kier alpha value is -3.33. The zero-order valence-electron chi connectivity index (χ0n) is 16.4. The van der Waals surface area contributed by atoms with Gasteiger partial charge in [0.25, 0.3) is 0 Å². The first-order chi connectivity index (χ1) is 14.7. The Labute approximate surface area is 177 Å². The standard InChI is InChI=1S/C21H20N6O2S/c1-29-15-8-6-14(7-9-15)27-21(23-24-25-27)30-13-20(28)26-11-10-19-17(12-26)16-4-2-3-5-18(16)22-19/h2-9,22H,10-13H2,1H3. The number of methoxy groups -OCH3 is 1. The van der Waals surface area contributed by atoms with Crippen molar-refractivity contribution in [2.24, 2.45) is 0 Å². The predicted octanol–water partition coefficient (Wildman–Crippen LogP) is 2.83. The van der Waals surface area contributed by atoms with E-state index in [0.717, 1.165) is 23.4 Å². The Morgan fingerprint density at radius 2 is 2.03 bits per heavy atom. The van der Waals surface area contributed by atoms with Gasteiger partial charge < -0.3 is 14.6 Å². The molecule has 0 unspecified atom stereocenters. The number of aromatic amines is 1. The molecule has 8 nitrogen and oxygen atoms in total. The fourth-order valence-corrected chi connectivity index (χ4v) is 4.54. The third-order valence-electron chi connectivity index (χ3n) is 5.32. The number of para-hydroxylation sites is 1. The van der Waals surface area contributed by atoms with Gasteiger partial charge in [0.15, 0.2) is 0 Å². The minimum atomic E-state index is 0.0835. The second-order valence-corrected chi connectivity index (χ2v) is 8.00. The Kier molecular flexibility index (Phi) is 4.88. The SMILES string of the molecule is COc1ccc(-n2nnnc2SCC(=O)N2CCc3[nH]c4ccccc4c3C2)cc1. The molecule has 0 bridgehead atoms. The van der Waals surface area contributed by atoms with Crippen molar-refractivity contribution < 1.29 is 9.53 Å². The maximum Gasteiger partial charge on any atom is 0.233 e. The zero-order valence-corrected chi connectivity index (χ0v) is 17.2. The minimum Gasteiger partial charge on any atom is -0.497 e. The lowest BCUT2D eigenvalue weighted by atomic mass is 10.0. The van der Waals surface area contributed by atoms with Crippen LogP contribution in [0.1, 0.15) is 11.3 Å². The van der Waals surface area contributed by atoms with Crippen LogP contribution < -0.4 is 4.74 Å². The summed E-state index contributed by atoms with van der Waals surface area (Å²) in [5.74, 6) is 1.13. The molecule has 2 aromatic heterocycles. The summed E-state index contributed by atoms with van der Waals surface area (Å²) in [6, 6.07) is 15.7. The summed E-state index contributed by atoms with van der Waals surface area (Å²) in [7, 11) is 1.62. The molecule has 0 aliphatic carbocycles. The van der Waals surface area contributed by atoms with Gasteiger partial charge in [0, 0.05) is 41.7 Å². The summed E-state index contributed by atoms with van der Waals surface area (Å²) in [6.45, 7) is 1.34. The highest BCUT2D eigenvalue weighted by atomic mass is 32.2. The number of aromatic nitrogens is 5. The monoisotopic (exact) mass is 420 g/mol. The van der Waals surface area contributed by atoms with Crippen molar-refractivity contribution in [3.63, 3.8) is 0 Å². The van der Waals surface area contributed by atoms with Gasteiger partial charge in [-0.1, -0.05) is 30.0 Å². The van der Waals surface area contributed by atoms with Crippen molar-refractivity contribution in [2.75, 3.05) is 19.4 Å². The van der Waals surface area contributed by atoms with E-state index in [1.807, 2.05) is 41.3 Å².